The summed E-state index contributed by atoms with van der Waals surface area (Å²) in [4.78, 5) is 4.40. The second-order valence-electron chi connectivity index (χ2n) is 4.82. The summed E-state index contributed by atoms with van der Waals surface area (Å²) in [5.74, 6) is 0.990. The third-order valence-electron chi connectivity index (χ3n) is 3.22. The van der Waals surface area contributed by atoms with Gasteiger partial charge >= 0.3 is 0 Å². The van der Waals surface area contributed by atoms with Crippen LogP contribution in [0, 0.1) is 5.82 Å². The molecule has 2 aromatic carbocycles. The number of nitrogens with zero attached hydrogens (tertiary/aromatic N) is 3. The van der Waals surface area contributed by atoms with E-state index in [1.807, 2.05) is 12.1 Å². The Balaban J connectivity index is 1.89. The van der Waals surface area contributed by atoms with Gasteiger partial charge in [0.25, 0.3) is 0 Å². The van der Waals surface area contributed by atoms with Crippen molar-refractivity contribution in [1.29, 1.82) is 0 Å². The van der Waals surface area contributed by atoms with E-state index in [0.29, 0.717) is 17.2 Å². The van der Waals surface area contributed by atoms with Crippen molar-refractivity contribution in [3.8, 4) is 17.1 Å². The van der Waals surface area contributed by atoms with Gasteiger partial charge in [-0.1, -0.05) is 30.3 Å². The molecule has 1 aromatic heterocycles. The Hall–Kier alpha value is -2.95. The van der Waals surface area contributed by atoms with E-state index in [0.717, 1.165) is 5.56 Å². The molecule has 0 radical (unpaired) electrons. The zero-order valence-corrected chi connectivity index (χ0v) is 11.9. The highest BCUT2D eigenvalue weighted by molar-refractivity contribution is 5.69. The third kappa shape index (κ3) is 2.88. The fourth-order valence-corrected chi connectivity index (χ4v) is 2.12. The van der Waals surface area contributed by atoms with Crippen molar-refractivity contribution in [2.45, 2.75) is 0 Å². The Morgan fingerprint density at radius 3 is 2.50 bits per heavy atom. The highest BCUT2D eigenvalue weighted by atomic mass is 19.1. The summed E-state index contributed by atoms with van der Waals surface area (Å²) in [6.07, 6.45) is 3.56. The van der Waals surface area contributed by atoms with Gasteiger partial charge in [-0.15, -0.1) is 0 Å². The van der Waals surface area contributed by atoms with E-state index in [9.17, 15) is 9.50 Å². The number of aromatic hydroxyl groups is 1. The number of aromatic nitrogens is 3. The minimum absolute atomic E-state index is 0.159. The smallest absolute Gasteiger partial charge is 0.174 e. The normalized spacial score (nSPS) is 11.2. The van der Waals surface area contributed by atoms with Gasteiger partial charge in [0.05, 0.1) is 5.56 Å². The topological polar surface area (TPSA) is 50.9 Å². The van der Waals surface area contributed by atoms with E-state index in [4.69, 9.17) is 0 Å². The van der Waals surface area contributed by atoms with Gasteiger partial charge < -0.3 is 5.11 Å². The van der Waals surface area contributed by atoms with Crippen molar-refractivity contribution in [1.82, 2.24) is 14.8 Å². The van der Waals surface area contributed by atoms with E-state index in [1.54, 1.807) is 48.1 Å². The predicted octanol–water partition coefficient (Wildman–Crippen LogP) is 3.50. The molecule has 0 atom stereocenters. The van der Waals surface area contributed by atoms with Crippen LogP contribution in [-0.4, -0.2) is 19.9 Å². The molecule has 0 spiro atoms. The van der Waals surface area contributed by atoms with Gasteiger partial charge in [0, 0.05) is 7.05 Å². The van der Waals surface area contributed by atoms with Crippen LogP contribution in [0.4, 0.5) is 4.39 Å². The molecule has 0 fully saturated rings. The molecular formula is C17H14FN3O. The van der Waals surface area contributed by atoms with Crippen LogP contribution >= 0.6 is 0 Å². The number of phenols is 1. The molecule has 0 aliphatic carbocycles. The van der Waals surface area contributed by atoms with Crippen LogP contribution in [0.25, 0.3) is 23.5 Å². The van der Waals surface area contributed by atoms with Gasteiger partial charge in [-0.3, -0.25) is 0 Å². The third-order valence-corrected chi connectivity index (χ3v) is 3.22. The van der Waals surface area contributed by atoms with E-state index < -0.39 is 0 Å². The quantitative estimate of drug-likeness (QED) is 0.804. The molecule has 3 aromatic rings. The monoisotopic (exact) mass is 295 g/mol. The van der Waals surface area contributed by atoms with Crippen molar-refractivity contribution in [2.75, 3.05) is 0 Å². The molecule has 0 saturated heterocycles. The van der Waals surface area contributed by atoms with Gasteiger partial charge in [0.1, 0.15) is 11.6 Å². The largest absolute Gasteiger partial charge is 0.507 e. The summed E-state index contributed by atoms with van der Waals surface area (Å²) >= 11 is 0. The summed E-state index contributed by atoms with van der Waals surface area (Å²) in [6.45, 7) is 0. The van der Waals surface area contributed by atoms with Crippen LogP contribution in [0.15, 0.2) is 48.5 Å². The Morgan fingerprint density at radius 2 is 1.77 bits per heavy atom. The van der Waals surface area contributed by atoms with E-state index >= 15 is 0 Å². The Morgan fingerprint density at radius 1 is 1.05 bits per heavy atom. The highest BCUT2D eigenvalue weighted by Gasteiger charge is 2.11. The lowest BCUT2D eigenvalue weighted by molar-refractivity contribution is 0.476. The summed E-state index contributed by atoms with van der Waals surface area (Å²) < 4.78 is 14.5. The van der Waals surface area contributed by atoms with Gasteiger partial charge in [0.2, 0.25) is 0 Å². The van der Waals surface area contributed by atoms with Crippen LogP contribution in [0.1, 0.15) is 11.4 Å². The zero-order valence-electron chi connectivity index (χ0n) is 11.9. The van der Waals surface area contributed by atoms with Crippen molar-refractivity contribution in [3.63, 3.8) is 0 Å². The first-order valence-corrected chi connectivity index (χ1v) is 6.76. The van der Waals surface area contributed by atoms with Gasteiger partial charge in [-0.25, -0.2) is 14.1 Å². The lowest BCUT2D eigenvalue weighted by atomic mass is 10.2. The van der Waals surface area contributed by atoms with E-state index in [2.05, 4.69) is 10.1 Å². The number of phenolic OH excluding ortho intramolecular Hbond substituents is 1. The second kappa shape index (κ2) is 5.81. The SMILES string of the molecule is Cn1nc(C=Cc2ccc(F)cc2)nc1-c1ccccc1O. The number of para-hydroxylation sites is 1. The lowest BCUT2D eigenvalue weighted by Crippen LogP contribution is -1.94. The summed E-state index contributed by atoms with van der Waals surface area (Å²) in [5.41, 5.74) is 1.48. The molecule has 5 heteroatoms. The fourth-order valence-electron chi connectivity index (χ4n) is 2.12. The molecule has 0 saturated carbocycles. The number of rotatable bonds is 3. The molecule has 1 N–H and O–H groups in total. The maximum Gasteiger partial charge on any atom is 0.174 e. The van der Waals surface area contributed by atoms with Gasteiger partial charge in [0.15, 0.2) is 11.6 Å². The number of benzene rings is 2. The fraction of sp³-hybridized carbons (Fsp3) is 0.0588. The number of hydrogen-bond donors (Lipinski definition) is 1. The standard InChI is InChI=1S/C17H14FN3O/c1-21-17(14-4-2-3-5-15(14)22)19-16(20-21)11-8-12-6-9-13(18)10-7-12/h2-11,22H,1H3. The summed E-state index contributed by atoms with van der Waals surface area (Å²) in [5, 5.41) is 14.2. The lowest BCUT2D eigenvalue weighted by Gasteiger charge is -2.01. The van der Waals surface area contributed by atoms with Gasteiger partial charge in [-0.05, 0) is 35.9 Å². The number of hydrogen-bond acceptors (Lipinski definition) is 3. The Kier molecular flexibility index (Phi) is 3.70. The molecule has 110 valence electrons. The van der Waals surface area contributed by atoms with Crippen molar-refractivity contribution in [2.24, 2.45) is 7.05 Å². The maximum atomic E-state index is 12.9. The highest BCUT2D eigenvalue weighted by Crippen LogP contribution is 2.26. The van der Waals surface area contributed by atoms with Crippen LogP contribution in [0.2, 0.25) is 0 Å². The first kappa shape index (κ1) is 14.0. The first-order valence-electron chi connectivity index (χ1n) is 6.76. The molecule has 3 rings (SSSR count). The Bertz CT molecular complexity index is 822. The molecule has 0 aliphatic rings. The molecular weight excluding hydrogens is 281 g/mol. The summed E-state index contributed by atoms with van der Waals surface area (Å²) in [6, 6.07) is 13.1. The number of aryl methyl sites for hydroxylation is 1. The zero-order chi connectivity index (χ0) is 15.5. The molecule has 4 nitrogen and oxygen atoms in total. The van der Waals surface area contributed by atoms with Crippen LogP contribution in [0.3, 0.4) is 0 Å². The van der Waals surface area contributed by atoms with Crippen LogP contribution in [-0.2, 0) is 7.05 Å². The van der Waals surface area contributed by atoms with Crippen molar-refractivity contribution >= 4 is 12.2 Å². The molecule has 0 bridgehead atoms. The molecule has 0 aliphatic heterocycles. The summed E-state index contributed by atoms with van der Waals surface area (Å²) in [7, 11) is 1.77. The van der Waals surface area contributed by atoms with Crippen molar-refractivity contribution in [3.05, 3.63) is 65.7 Å². The minimum atomic E-state index is -0.269. The first-order chi connectivity index (χ1) is 10.6. The predicted molar refractivity (Wildman–Crippen MR) is 83.4 cm³/mol. The molecule has 0 unspecified atom stereocenters. The average Bonchev–Trinajstić information content (AvgIpc) is 2.88. The maximum absolute atomic E-state index is 12.9. The van der Waals surface area contributed by atoms with Crippen LogP contribution in [0.5, 0.6) is 5.75 Å². The average molecular weight is 295 g/mol. The minimum Gasteiger partial charge on any atom is -0.507 e. The van der Waals surface area contributed by atoms with Crippen molar-refractivity contribution < 1.29 is 9.50 Å². The second-order valence-corrected chi connectivity index (χ2v) is 4.82. The van der Waals surface area contributed by atoms with E-state index in [-0.39, 0.29) is 11.6 Å². The molecule has 1 heterocycles. The number of halogens is 1. The van der Waals surface area contributed by atoms with Crippen LogP contribution < -0.4 is 0 Å². The Labute approximate surface area is 127 Å². The molecule has 0 amide bonds. The molecule has 22 heavy (non-hydrogen) atoms. The van der Waals surface area contributed by atoms with Gasteiger partial charge in [-0.2, -0.15) is 5.10 Å². The van der Waals surface area contributed by atoms with E-state index in [1.165, 1.54) is 12.1 Å².